The Morgan fingerprint density at radius 1 is 1.08 bits per heavy atom. The number of nitrogens with zero attached hydrogens (tertiary/aromatic N) is 1. The lowest BCUT2D eigenvalue weighted by Gasteiger charge is -2.37. The molecule has 2 atom stereocenters. The summed E-state index contributed by atoms with van der Waals surface area (Å²) in [5.74, 6) is 1.51. The third kappa shape index (κ3) is 3.66. The molecule has 2 aliphatic rings. The number of carbonyl (C=O) groups is 1. The van der Waals surface area contributed by atoms with Gasteiger partial charge in [-0.25, -0.2) is 0 Å². The quantitative estimate of drug-likeness (QED) is 0.805. The summed E-state index contributed by atoms with van der Waals surface area (Å²) in [5.41, 5.74) is 2.70. The van der Waals surface area contributed by atoms with Crippen LogP contribution in [0.1, 0.15) is 69.9 Å². The van der Waals surface area contributed by atoms with Crippen LogP contribution in [0.3, 0.4) is 0 Å². The third-order valence-electron chi connectivity index (χ3n) is 5.53. The van der Waals surface area contributed by atoms with Crippen LogP contribution < -0.4 is 0 Å². The molecule has 1 heterocycles. The zero-order chi connectivity index (χ0) is 17.3. The van der Waals surface area contributed by atoms with Crippen LogP contribution in [0.15, 0.2) is 24.3 Å². The van der Waals surface area contributed by atoms with Crippen molar-refractivity contribution in [1.82, 2.24) is 4.90 Å². The van der Waals surface area contributed by atoms with E-state index in [9.17, 15) is 4.79 Å². The number of amides is 1. The van der Waals surface area contributed by atoms with E-state index in [0.717, 1.165) is 32.5 Å². The minimum atomic E-state index is 0.181. The molecular formula is C21H31NO2. The second kappa shape index (κ2) is 7.26. The minimum Gasteiger partial charge on any atom is -0.381 e. The molecule has 3 rings (SSSR count). The monoisotopic (exact) mass is 329 g/mol. The molecule has 3 heteroatoms. The number of benzene rings is 1. The Balaban J connectivity index is 1.66. The van der Waals surface area contributed by atoms with E-state index >= 15 is 0 Å². The molecule has 132 valence electrons. The van der Waals surface area contributed by atoms with Gasteiger partial charge in [0.1, 0.15) is 0 Å². The Kier molecular flexibility index (Phi) is 5.29. The summed E-state index contributed by atoms with van der Waals surface area (Å²) in [6, 6.07) is 9.51. The first kappa shape index (κ1) is 17.5. The van der Waals surface area contributed by atoms with Gasteiger partial charge in [-0.05, 0) is 56.1 Å². The van der Waals surface area contributed by atoms with Crippen molar-refractivity contribution in [3.63, 3.8) is 0 Å². The fraction of sp³-hybridized carbons (Fsp3) is 0.667. The predicted molar refractivity (Wildman–Crippen MR) is 97.2 cm³/mol. The minimum absolute atomic E-state index is 0.181. The maximum absolute atomic E-state index is 13.1. The Morgan fingerprint density at radius 3 is 2.25 bits per heavy atom. The van der Waals surface area contributed by atoms with Gasteiger partial charge in [-0.2, -0.15) is 0 Å². The summed E-state index contributed by atoms with van der Waals surface area (Å²) < 4.78 is 5.47. The van der Waals surface area contributed by atoms with Crippen molar-refractivity contribution in [1.29, 1.82) is 0 Å². The molecule has 1 aromatic rings. The first-order valence-corrected chi connectivity index (χ1v) is 9.48. The molecule has 0 bridgehead atoms. The van der Waals surface area contributed by atoms with Gasteiger partial charge in [0.15, 0.2) is 0 Å². The van der Waals surface area contributed by atoms with Crippen LogP contribution >= 0.6 is 0 Å². The summed E-state index contributed by atoms with van der Waals surface area (Å²) in [7, 11) is 0. The van der Waals surface area contributed by atoms with E-state index in [1.807, 2.05) is 0 Å². The summed E-state index contributed by atoms with van der Waals surface area (Å²) in [6.45, 7) is 10.3. The van der Waals surface area contributed by atoms with Crippen molar-refractivity contribution < 1.29 is 9.53 Å². The largest absolute Gasteiger partial charge is 0.381 e. The highest BCUT2D eigenvalue weighted by molar-refractivity contribution is 5.83. The number of ether oxygens (including phenoxy) is 1. The van der Waals surface area contributed by atoms with Crippen molar-refractivity contribution in [2.45, 2.75) is 70.9 Å². The fourth-order valence-corrected chi connectivity index (χ4v) is 3.98. The molecule has 2 fully saturated rings. The van der Waals surface area contributed by atoms with E-state index in [1.165, 1.54) is 11.1 Å². The average Bonchev–Trinajstić information content (AvgIpc) is 3.36. The molecule has 1 saturated heterocycles. The summed E-state index contributed by atoms with van der Waals surface area (Å²) in [5, 5.41) is 0. The van der Waals surface area contributed by atoms with Crippen LogP contribution in [0.25, 0.3) is 0 Å². The van der Waals surface area contributed by atoms with Gasteiger partial charge >= 0.3 is 0 Å². The molecule has 0 spiro atoms. The van der Waals surface area contributed by atoms with Crippen molar-refractivity contribution in [2.24, 2.45) is 5.92 Å². The van der Waals surface area contributed by atoms with Crippen molar-refractivity contribution in [2.75, 3.05) is 13.2 Å². The van der Waals surface area contributed by atoms with E-state index in [4.69, 9.17) is 4.74 Å². The van der Waals surface area contributed by atoms with Crippen molar-refractivity contribution in [3.8, 4) is 0 Å². The molecule has 1 aliphatic heterocycles. The summed E-state index contributed by atoms with van der Waals surface area (Å²) in [6.07, 6.45) is 2.96. The summed E-state index contributed by atoms with van der Waals surface area (Å²) >= 11 is 0. The van der Waals surface area contributed by atoms with Crippen LogP contribution in [0.5, 0.6) is 0 Å². The van der Waals surface area contributed by atoms with Gasteiger partial charge in [-0.1, -0.05) is 38.1 Å². The normalized spacial score (nSPS) is 24.4. The molecule has 2 unspecified atom stereocenters. The van der Waals surface area contributed by atoms with Crippen LogP contribution in [-0.2, 0) is 9.53 Å². The molecule has 0 aromatic heterocycles. The van der Waals surface area contributed by atoms with Gasteiger partial charge in [0.25, 0.3) is 0 Å². The molecule has 1 amide bonds. The second-order valence-corrected chi connectivity index (χ2v) is 7.95. The highest BCUT2D eigenvalue weighted by Crippen LogP contribution is 2.49. The maximum Gasteiger partial charge on any atom is 0.226 e. The zero-order valence-corrected chi connectivity index (χ0v) is 15.5. The van der Waals surface area contributed by atoms with Gasteiger partial charge in [-0.3, -0.25) is 4.79 Å². The smallest absolute Gasteiger partial charge is 0.226 e. The standard InChI is InChI=1S/C21H31NO2/c1-14(2)16-5-7-17(8-6-16)19-13-20(19)21(23)22(15(3)4)18-9-11-24-12-10-18/h5-8,14-15,18-20H,9-13H2,1-4H3. The number of rotatable bonds is 5. The SMILES string of the molecule is CC(C)c1ccc(C2CC2C(=O)N(C(C)C)C2CCOCC2)cc1. The van der Waals surface area contributed by atoms with Crippen LogP contribution in [0.2, 0.25) is 0 Å². The van der Waals surface area contributed by atoms with Gasteiger partial charge in [0.05, 0.1) is 0 Å². The van der Waals surface area contributed by atoms with Crippen LogP contribution in [-0.4, -0.2) is 36.1 Å². The Morgan fingerprint density at radius 2 is 1.71 bits per heavy atom. The maximum atomic E-state index is 13.1. The fourth-order valence-electron chi connectivity index (χ4n) is 3.98. The van der Waals surface area contributed by atoms with Gasteiger partial charge in [-0.15, -0.1) is 0 Å². The topological polar surface area (TPSA) is 29.5 Å². The highest BCUT2D eigenvalue weighted by Gasteiger charge is 2.47. The lowest BCUT2D eigenvalue weighted by atomic mass is 9.99. The van der Waals surface area contributed by atoms with Crippen LogP contribution in [0, 0.1) is 5.92 Å². The first-order valence-electron chi connectivity index (χ1n) is 9.48. The molecular weight excluding hydrogens is 298 g/mol. The van der Waals surface area contributed by atoms with E-state index in [0.29, 0.717) is 23.8 Å². The molecule has 1 saturated carbocycles. The molecule has 0 N–H and O–H groups in total. The molecule has 24 heavy (non-hydrogen) atoms. The predicted octanol–water partition coefficient (Wildman–Crippen LogP) is 4.33. The molecule has 1 aliphatic carbocycles. The Labute approximate surface area is 146 Å². The number of carbonyl (C=O) groups excluding carboxylic acids is 1. The highest BCUT2D eigenvalue weighted by atomic mass is 16.5. The first-order chi connectivity index (χ1) is 11.5. The lowest BCUT2D eigenvalue weighted by molar-refractivity contribution is -0.139. The summed E-state index contributed by atoms with van der Waals surface area (Å²) in [4.78, 5) is 15.2. The van der Waals surface area contributed by atoms with Gasteiger partial charge in [0, 0.05) is 31.2 Å². The molecule has 1 aromatic carbocycles. The van der Waals surface area contributed by atoms with Crippen LogP contribution in [0.4, 0.5) is 0 Å². The van der Waals surface area contributed by atoms with E-state index in [1.54, 1.807) is 0 Å². The second-order valence-electron chi connectivity index (χ2n) is 7.95. The zero-order valence-electron chi connectivity index (χ0n) is 15.5. The van der Waals surface area contributed by atoms with E-state index in [-0.39, 0.29) is 12.0 Å². The van der Waals surface area contributed by atoms with E-state index in [2.05, 4.69) is 56.9 Å². The van der Waals surface area contributed by atoms with Gasteiger partial charge < -0.3 is 9.64 Å². The molecule has 3 nitrogen and oxygen atoms in total. The average molecular weight is 329 g/mol. The third-order valence-corrected chi connectivity index (χ3v) is 5.53. The van der Waals surface area contributed by atoms with Crippen molar-refractivity contribution >= 4 is 5.91 Å². The Bertz CT molecular complexity index is 558. The van der Waals surface area contributed by atoms with Crippen molar-refractivity contribution in [3.05, 3.63) is 35.4 Å². The van der Waals surface area contributed by atoms with E-state index < -0.39 is 0 Å². The lowest BCUT2D eigenvalue weighted by Crippen LogP contribution is -2.48. The van der Waals surface area contributed by atoms with Gasteiger partial charge in [0.2, 0.25) is 5.91 Å². The number of hydrogen-bond donors (Lipinski definition) is 0. The molecule has 0 radical (unpaired) electrons. The number of hydrogen-bond acceptors (Lipinski definition) is 2. The Hall–Kier alpha value is -1.35.